The van der Waals surface area contributed by atoms with Gasteiger partial charge in [-0.3, -0.25) is 4.99 Å². The number of methoxy groups -OCH3 is 1. The van der Waals surface area contributed by atoms with Gasteiger partial charge in [0.05, 0.1) is 7.11 Å². The standard InChI is InChI=1S/C25H33FN4O2/c1-27-24(30-15-13-29(14-16-30)22-7-9-23(31-2)10-8-22)28-19-25(11-17-32-18-12-25)20-3-5-21(26)6-4-20/h3-10H,11-19H2,1-2H3,(H,27,28). The van der Waals surface area contributed by atoms with E-state index >= 15 is 0 Å². The second-order valence-electron chi connectivity index (χ2n) is 8.47. The van der Waals surface area contributed by atoms with Crippen molar-refractivity contribution in [3.8, 4) is 5.75 Å². The molecular weight excluding hydrogens is 407 g/mol. The van der Waals surface area contributed by atoms with Gasteiger partial charge in [-0.05, 0) is 54.8 Å². The molecule has 0 unspecified atom stereocenters. The summed E-state index contributed by atoms with van der Waals surface area (Å²) < 4.78 is 24.4. The zero-order valence-corrected chi connectivity index (χ0v) is 19.0. The van der Waals surface area contributed by atoms with Crippen LogP contribution in [0.5, 0.6) is 5.75 Å². The van der Waals surface area contributed by atoms with Crippen LogP contribution in [0.15, 0.2) is 53.5 Å². The molecule has 2 aliphatic heterocycles. The molecule has 2 aromatic rings. The highest BCUT2D eigenvalue weighted by atomic mass is 19.1. The van der Waals surface area contributed by atoms with Gasteiger partial charge in [0.2, 0.25) is 0 Å². The summed E-state index contributed by atoms with van der Waals surface area (Å²) in [4.78, 5) is 9.27. The fourth-order valence-corrected chi connectivity index (χ4v) is 4.68. The maximum atomic E-state index is 13.5. The van der Waals surface area contributed by atoms with E-state index < -0.39 is 0 Å². The van der Waals surface area contributed by atoms with Crippen molar-refractivity contribution in [3.05, 3.63) is 59.9 Å². The molecule has 0 amide bonds. The number of halogens is 1. The van der Waals surface area contributed by atoms with Crippen LogP contribution >= 0.6 is 0 Å². The number of guanidine groups is 1. The number of ether oxygens (including phenoxy) is 2. The van der Waals surface area contributed by atoms with Crippen molar-refractivity contribution in [1.29, 1.82) is 0 Å². The maximum Gasteiger partial charge on any atom is 0.193 e. The molecule has 0 aliphatic carbocycles. The molecule has 4 rings (SSSR count). The fourth-order valence-electron chi connectivity index (χ4n) is 4.68. The average molecular weight is 441 g/mol. The highest BCUT2D eigenvalue weighted by Crippen LogP contribution is 2.34. The van der Waals surface area contributed by atoms with Crippen LogP contribution in [0, 0.1) is 5.82 Å². The van der Waals surface area contributed by atoms with Gasteiger partial charge in [-0.25, -0.2) is 4.39 Å². The van der Waals surface area contributed by atoms with Gasteiger partial charge in [-0.1, -0.05) is 12.1 Å². The van der Waals surface area contributed by atoms with E-state index in [-0.39, 0.29) is 11.2 Å². The van der Waals surface area contributed by atoms with E-state index in [1.807, 2.05) is 31.3 Å². The van der Waals surface area contributed by atoms with E-state index in [2.05, 4.69) is 32.2 Å². The van der Waals surface area contributed by atoms with Gasteiger partial charge < -0.3 is 24.6 Å². The second kappa shape index (κ2) is 10.2. The second-order valence-corrected chi connectivity index (χ2v) is 8.47. The summed E-state index contributed by atoms with van der Waals surface area (Å²) in [5.74, 6) is 1.60. The van der Waals surface area contributed by atoms with Gasteiger partial charge in [0.15, 0.2) is 5.96 Å². The summed E-state index contributed by atoms with van der Waals surface area (Å²) in [6.07, 6.45) is 1.82. The molecule has 7 heteroatoms. The maximum absolute atomic E-state index is 13.5. The van der Waals surface area contributed by atoms with Crippen LogP contribution in [0.1, 0.15) is 18.4 Å². The Morgan fingerprint density at radius 1 is 1.03 bits per heavy atom. The highest BCUT2D eigenvalue weighted by Gasteiger charge is 2.35. The number of nitrogens with zero attached hydrogens (tertiary/aromatic N) is 3. The third kappa shape index (κ3) is 4.99. The van der Waals surface area contributed by atoms with Gasteiger partial charge in [0.1, 0.15) is 11.6 Å². The van der Waals surface area contributed by atoms with E-state index in [9.17, 15) is 4.39 Å². The Morgan fingerprint density at radius 3 is 2.28 bits per heavy atom. The zero-order valence-electron chi connectivity index (χ0n) is 19.0. The molecule has 0 radical (unpaired) electrons. The van der Waals surface area contributed by atoms with E-state index in [0.717, 1.165) is 76.1 Å². The SMILES string of the molecule is CN=C(NCC1(c2ccc(F)cc2)CCOCC1)N1CCN(c2ccc(OC)cc2)CC1. The van der Waals surface area contributed by atoms with Crippen molar-refractivity contribution in [2.24, 2.45) is 4.99 Å². The Hall–Kier alpha value is -2.80. The van der Waals surface area contributed by atoms with E-state index in [4.69, 9.17) is 9.47 Å². The van der Waals surface area contributed by atoms with Crippen molar-refractivity contribution in [1.82, 2.24) is 10.2 Å². The lowest BCUT2D eigenvalue weighted by Gasteiger charge is -2.41. The molecule has 0 atom stereocenters. The Balaban J connectivity index is 1.38. The molecule has 0 bridgehead atoms. The van der Waals surface area contributed by atoms with Crippen LogP contribution in [-0.4, -0.2) is 71.0 Å². The van der Waals surface area contributed by atoms with E-state index in [1.54, 1.807) is 19.2 Å². The van der Waals surface area contributed by atoms with Crippen molar-refractivity contribution in [3.63, 3.8) is 0 Å². The minimum atomic E-state index is -0.200. The molecule has 1 N–H and O–H groups in total. The minimum absolute atomic E-state index is 0.0766. The highest BCUT2D eigenvalue weighted by molar-refractivity contribution is 5.80. The molecule has 2 heterocycles. The molecule has 32 heavy (non-hydrogen) atoms. The number of rotatable bonds is 5. The molecule has 2 aliphatic rings. The summed E-state index contributed by atoms with van der Waals surface area (Å²) in [6.45, 7) is 5.87. The number of nitrogens with one attached hydrogen (secondary N) is 1. The summed E-state index contributed by atoms with van der Waals surface area (Å²) in [5.41, 5.74) is 2.30. The number of piperazine rings is 1. The average Bonchev–Trinajstić information content (AvgIpc) is 2.86. The molecule has 6 nitrogen and oxygen atoms in total. The third-order valence-electron chi connectivity index (χ3n) is 6.72. The molecule has 0 aromatic heterocycles. The number of aliphatic imine (C=N–C) groups is 1. The first-order valence-corrected chi connectivity index (χ1v) is 11.3. The fraction of sp³-hybridized carbons (Fsp3) is 0.480. The number of anilines is 1. The van der Waals surface area contributed by atoms with E-state index in [0.29, 0.717) is 0 Å². The first-order chi connectivity index (χ1) is 15.6. The van der Waals surface area contributed by atoms with Crippen molar-refractivity contribution < 1.29 is 13.9 Å². The summed E-state index contributed by atoms with van der Waals surface area (Å²) in [5, 5.41) is 3.62. The lowest BCUT2D eigenvalue weighted by molar-refractivity contribution is 0.0511. The molecule has 0 saturated carbocycles. The number of hydrogen-bond acceptors (Lipinski definition) is 4. The summed E-state index contributed by atoms with van der Waals surface area (Å²) in [7, 11) is 3.53. The molecule has 172 valence electrons. The van der Waals surface area contributed by atoms with Gasteiger partial charge >= 0.3 is 0 Å². The van der Waals surface area contributed by atoms with Crippen molar-refractivity contribution >= 4 is 11.6 Å². The lowest BCUT2D eigenvalue weighted by atomic mass is 9.74. The zero-order chi connectivity index (χ0) is 22.4. The van der Waals surface area contributed by atoms with Gasteiger partial charge in [-0.15, -0.1) is 0 Å². The van der Waals surface area contributed by atoms with Crippen LogP contribution in [0.4, 0.5) is 10.1 Å². The first-order valence-electron chi connectivity index (χ1n) is 11.3. The van der Waals surface area contributed by atoms with E-state index in [1.165, 1.54) is 5.69 Å². The van der Waals surface area contributed by atoms with Crippen LogP contribution in [0.25, 0.3) is 0 Å². The number of benzene rings is 2. The van der Waals surface area contributed by atoms with Crippen LogP contribution < -0.4 is 15.0 Å². The monoisotopic (exact) mass is 440 g/mol. The van der Waals surface area contributed by atoms with Gasteiger partial charge in [0.25, 0.3) is 0 Å². The third-order valence-corrected chi connectivity index (χ3v) is 6.72. The Labute approximate surface area is 190 Å². The smallest absolute Gasteiger partial charge is 0.193 e. The Bertz CT molecular complexity index is 887. The topological polar surface area (TPSA) is 49.3 Å². The Kier molecular flexibility index (Phi) is 7.15. The molecule has 2 aromatic carbocycles. The van der Waals surface area contributed by atoms with Crippen LogP contribution in [0.3, 0.4) is 0 Å². The molecule has 2 saturated heterocycles. The Morgan fingerprint density at radius 2 is 1.69 bits per heavy atom. The largest absolute Gasteiger partial charge is 0.497 e. The summed E-state index contributed by atoms with van der Waals surface area (Å²) >= 11 is 0. The predicted octanol–water partition coefficient (Wildman–Crippen LogP) is 3.28. The molecule has 2 fully saturated rings. The summed E-state index contributed by atoms with van der Waals surface area (Å²) in [6, 6.07) is 15.2. The lowest BCUT2D eigenvalue weighted by Crippen LogP contribution is -2.55. The van der Waals surface area contributed by atoms with Crippen molar-refractivity contribution in [2.45, 2.75) is 18.3 Å². The van der Waals surface area contributed by atoms with Gasteiger partial charge in [0, 0.05) is 64.1 Å². The molecule has 0 spiro atoms. The molecular formula is C25H33FN4O2. The first kappa shape index (κ1) is 22.4. The van der Waals surface area contributed by atoms with Crippen molar-refractivity contribution in [2.75, 3.05) is 65.0 Å². The quantitative estimate of drug-likeness (QED) is 0.571. The van der Waals surface area contributed by atoms with Crippen LogP contribution in [0.2, 0.25) is 0 Å². The number of hydrogen-bond donors (Lipinski definition) is 1. The predicted molar refractivity (Wildman–Crippen MR) is 126 cm³/mol. The van der Waals surface area contributed by atoms with Gasteiger partial charge in [-0.2, -0.15) is 0 Å². The van der Waals surface area contributed by atoms with Crippen LogP contribution in [-0.2, 0) is 10.2 Å². The normalized spacial score (nSPS) is 19.0. The minimum Gasteiger partial charge on any atom is -0.497 e.